The minimum Gasteiger partial charge on any atom is -0.497 e. The van der Waals surface area contributed by atoms with Gasteiger partial charge >= 0.3 is 5.97 Å². The normalized spacial score (nSPS) is 10.6. The maximum absolute atomic E-state index is 12.8. The number of hydrogen-bond acceptors (Lipinski definition) is 8. The second-order valence-electron chi connectivity index (χ2n) is 8.32. The van der Waals surface area contributed by atoms with E-state index in [9.17, 15) is 14.9 Å². The molecule has 1 amide bonds. The predicted molar refractivity (Wildman–Crippen MR) is 142 cm³/mol. The van der Waals surface area contributed by atoms with Crippen molar-refractivity contribution < 1.29 is 28.2 Å². The third-order valence-electron chi connectivity index (χ3n) is 6.00. The van der Waals surface area contributed by atoms with Crippen LogP contribution in [0.3, 0.4) is 0 Å². The molecule has 0 atom stereocenters. The average molecular weight is 523 g/mol. The molecule has 0 unspecified atom stereocenters. The van der Waals surface area contributed by atoms with Crippen LogP contribution < -0.4 is 14.8 Å². The lowest BCUT2D eigenvalue weighted by atomic mass is 9.98. The highest BCUT2D eigenvalue weighted by atomic mass is 16.5. The van der Waals surface area contributed by atoms with Crippen LogP contribution in [0.4, 0.5) is 5.88 Å². The first-order valence-electron chi connectivity index (χ1n) is 11.8. The Morgan fingerprint density at radius 2 is 1.59 bits per heavy atom. The highest BCUT2D eigenvalue weighted by Crippen LogP contribution is 2.42. The SMILES string of the molecule is COc1ccc(-c2oc(NC(=O)COC(=O)c3n[nH]c4ccccc34)c(C#N)c2-c2ccc(OC)cc2)cc1. The van der Waals surface area contributed by atoms with Gasteiger partial charge in [0.25, 0.3) is 5.91 Å². The molecule has 5 rings (SSSR count). The van der Waals surface area contributed by atoms with E-state index < -0.39 is 18.5 Å². The van der Waals surface area contributed by atoms with Crippen molar-refractivity contribution >= 4 is 28.7 Å². The van der Waals surface area contributed by atoms with Gasteiger partial charge in [0.1, 0.15) is 28.9 Å². The van der Waals surface area contributed by atoms with E-state index in [1.807, 2.05) is 0 Å². The molecule has 10 heteroatoms. The Bertz CT molecular complexity index is 1690. The summed E-state index contributed by atoms with van der Waals surface area (Å²) >= 11 is 0. The van der Waals surface area contributed by atoms with Crippen molar-refractivity contribution in [3.05, 3.63) is 84.1 Å². The lowest BCUT2D eigenvalue weighted by Crippen LogP contribution is -2.21. The number of aromatic nitrogens is 2. The molecule has 2 N–H and O–H groups in total. The summed E-state index contributed by atoms with van der Waals surface area (Å²) < 4.78 is 21.7. The van der Waals surface area contributed by atoms with Crippen LogP contribution in [0.1, 0.15) is 16.1 Å². The highest BCUT2D eigenvalue weighted by Gasteiger charge is 2.25. The van der Waals surface area contributed by atoms with Crippen LogP contribution in [0.15, 0.2) is 77.2 Å². The van der Waals surface area contributed by atoms with Gasteiger partial charge in [0.2, 0.25) is 5.88 Å². The van der Waals surface area contributed by atoms with Crippen molar-refractivity contribution in [3.8, 4) is 40.0 Å². The van der Waals surface area contributed by atoms with Gasteiger partial charge in [-0.25, -0.2) is 4.79 Å². The Morgan fingerprint density at radius 3 is 2.23 bits per heavy atom. The molecule has 0 bridgehead atoms. The quantitative estimate of drug-likeness (QED) is 0.266. The summed E-state index contributed by atoms with van der Waals surface area (Å²) in [4.78, 5) is 25.3. The molecule has 0 aliphatic rings. The number of nitrogens with zero attached hydrogens (tertiary/aromatic N) is 2. The van der Waals surface area contributed by atoms with Crippen molar-refractivity contribution in [1.82, 2.24) is 10.2 Å². The topological polar surface area (TPSA) is 139 Å². The Labute approximate surface area is 222 Å². The molecule has 0 spiro atoms. The van der Waals surface area contributed by atoms with E-state index in [-0.39, 0.29) is 17.1 Å². The van der Waals surface area contributed by atoms with E-state index in [1.54, 1.807) is 87.0 Å². The Kier molecular flexibility index (Phi) is 6.96. The third-order valence-corrected chi connectivity index (χ3v) is 6.00. The van der Waals surface area contributed by atoms with Crippen molar-refractivity contribution in [2.75, 3.05) is 26.1 Å². The maximum atomic E-state index is 12.8. The number of hydrogen-bond donors (Lipinski definition) is 2. The summed E-state index contributed by atoms with van der Waals surface area (Å²) in [7, 11) is 3.12. The third kappa shape index (κ3) is 5.01. The first-order valence-corrected chi connectivity index (χ1v) is 11.8. The molecular formula is C29H22N4O6. The smallest absolute Gasteiger partial charge is 0.359 e. The summed E-state index contributed by atoms with van der Waals surface area (Å²) in [6, 6.07) is 23.4. The summed E-state index contributed by atoms with van der Waals surface area (Å²) in [5.74, 6) is 0.148. The number of rotatable bonds is 8. The number of aromatic amines is 1. The number of ether oxygens (including phenoxy) is 3. The molecule has 0 saturated heterocycles. The van der Waals surface area contributed by atoms with Crippen LogP contribution in [0, 0.1) is 11.3 Å². The van der Waals surface area contributed by atoms with Gasteiger partial charge in [0.15, 0.2) is 12.3 Å². The second-order valence-corrected chi connectivity index (χ2v) is 8.32. The molecule has 0 saturated carbocycles. The van der Waals surface area contributed by atoms with Gasteiger partial charge in [0, 0.05) is 16.5 Å². The number of furan rings is 1. The minimum absolute atomic E-state index is 0.0673. The molecule has 194 valence electrons. The number of nitriles is 1. The van der Waals surface area contributed by atoms with Gasteiger partial charge in [-0.05, 0) is 48.0 Å². The summed E-state index contributed by atoms with van der Waals surface area (Å²) in [6.07, 6.45) is 0. The zero-order valence-electron chi connectivity index (χ0n) is 21.0. The lowest BCUT2D eigenvalue weighted by molar-refractivity contribution is -0.119. The number of methoxy groups -OCH3 is 2. The molecule has 0 fully saturated rings. The predicted octanol–water partition coefficient (Wildman–Crippen LogP) is 5.17. The van der Waals surface area contributed by atoms with Crippen molar-refractivity contribution in [2.24, 2.45) is 0 Å². The lowest BCUT2D eigenvalue weighted by Gasteiger charge is -2.06. The summed E-state index contributed by atoms with van der Waals surface area (Å²) in [5, 5.41) is 19.9. The molecule has 5 aromatic rings. The monoisotopic (exact) mass is 522 g/mol. The van der Waals surface area contributed by atoms with E-state index in [4.69, 9.17) is 18.6 Å². The first kappa shape index (κ1) is 25.1. The summed E-state index contributed by atoms with van der Waals surface area (Å²) in [6.45, 7) is -0.610. The molecule has 0 aliphatic carbocycles. The fourth-order valence-corrected chi connectivity index (χ4v) is 4.09. The molecular weight excluding hydrogens is 500 g/mol. The number of nitrogens with one attached hydrogen (secondary N) is 2. The van der Waals surface area contributed by atoms with Crippen LogP contribution in [-0.2, 0) is 9.53 Å². The molecule has 39 heavy (non-hydrogen) atoms. The Balaban J connectivity index is 1.43. The molecule has 2 heterocycles. The maximum Gasteiger partial charge on any atom is 0.359 e. The van der Waals surface area contributed by atoms with Crippen molar-refractivity contribution in [2.45, 2.75) is 0 Å². The van der Waals surface area contributed by atoms with E-state index in [2.05, 4.69) is 21.6 Å². The number of amides is 1. The number of fused-ring (bicyclic) bond motifs is 1. The van der Waals surface area contributed by atoms with Crippen molar-refractivity contribution in [1.29, 1.82) is 5.26 Å². The van der Waals surface area contributed by atoms with E-state index in [1.165, 1.54) is 0 Å². The fourth-order valence-electron chi connectivity index (χ4n) is 4.09. The average Bonchev–Trinajstić information content (AvgIpc) is 3.57. The highest BCUT2D eigenvalue weighted by molar-refractivity contribution is 6.03. The minimum atomic E-state index is -0.764. The Morgan fingerprint density at radius 1 is 0.949 bits per heavy atom. The number of carbonyl (C=O) groups excluding carboxylic acids is 2. The summed E-state index contributed by atoms with van der Waals surface area (Å²) in [5.41, 5.74) is 2.68. The van der Waals surface area contributed by atoms with Crippen LogP contribution in [0.2, 0.25) is 0 Å². The van der Waals surface area contributed by atoms with Gasteiger partial charge in [-0.15, -0.1) is 0 Å². The zero-order valence-corrected chi connectivity index (χ0v) is 21.0. The molecule has 10 nitrogen and oxygen atoms in total. The van der Waals surface area contributed by atoms with Crippen molar-refractivity contribution in [3.63, 3.8) is 0 Å². The van der Waals surface area contributed by atoms with Gasteiger partial charge in [-0.2, -0.15) is 10.4 Å². The van der Waals surface area contributed by atoms with E-state index in [0.29, 0.717) is 44.9 Å². The number of benzene rings is 3. The molecule has 0 radical (unpaired) electrons. The van der Waals surface area contributed by atoms with Gasteiger partial charge in [0.05, 0.1) is 19.7 Å². The van der Waals surface area contributed by atoms with Crippen LogP contribution in [0.5, 0.6) is 11.5 Å². The zero-order chi connectivity index (χ0) is 27.4. The van der Waals surface area contributed by atoms with E-state index >= 15 is 0 Å². The van der Waals surface area contributed by atoms with Crippen LogP contribution in [0.25, 0.3) is 33.4 Å². The standard InChI is InChI=1S/C29H22N4O6/c1-36-19-11-7-17(8-12-19)25-22(15-30)28(39-27(25)18-9-13-20(37-2)14-10-18)31-24(34)16-38-29(35)26-21-5-3-4-6-23(21)32-33-26/h3-14H,16H2,1-2H3,(H,31,34)(H,32,33). The first-order chi connectivity index (χ1) is 19.0. The second kappa shape index (κ2) is 10.8. The molecule has 3 aromatic carbocycles. The Hall–Kier alpha value is -5.56. The number of esters is 1. The van der Waals surface area contributed by atoms with Crippen LogP contribution >= 0.6 is 0 Å². The van der Waals surface area contributed by atoms with E-state index in [0.717, 1.165) is 0 Å². The van der Waals surface area contributed by atoms with Gasteiger partial charge in [-0.3, -0.25) is 15.2 Å². The van der Waals surface area contributed by atoms with Crippen LogP contribution in [-0.4, -0.2) is 42.9 Å². The number of para-hydroxylation sites is 1. The fraction of sp³-hybridized carbons (Fsp3) is 0.103. The molecule has 0 aliphatic heterocycles. The largest absolute Gasteiger partial charge is 0.497 e. The number of H-pyrrole nitrogens is 1. The van der Waals surface area contributed by atoms with Gasteiger partial charge in [-0.1, -0.05) is 30.3 Å². The number of anilines is 1. The molecule has 2 aromatic heterocycles. The van der Waals surface area contributed by atoms with Gasteiger partial charge < -0.3 is 18.6 Å². The number of carbonyl (C=O) groups is 2.